The first-order valence-electron chi connectivity index (χ1n) is 5.93. The number of hydrogen-bond acceptors (Lipinski definition) is 3. The average Bonchev–Trinajstić information content (AvgIpc) is 2.76. The molecule has 0 bridgehead atoms. The summed E-state index contributed by atoms with van der Waals surface area (Å²) < 4.78 is 5.59. The van der Waals surface area contributed by atoms with Gasteiger partial charge in [0.15, 0.2) is 6.10 Å². The number of benzene rings is 1. The molecule has 2 rings (SSSR count). The summed E-state index contributed by atoms with van der Waals surface area (Å²) in [5.74, 6) is 0.735. The minimum atomic E-state index is -0.456. The first-order chi connectivity index (χ1) is 8.16. The first-order valence-corrected chi connectivity index (χ1v) is 5.93. The largest absolute Gasteiger partial charge is 0.481 e. The molecule has 1 aromatic rings. The van der Waals surface area contributed by atoms with E-state index in [0.717, 1.165) is 18.7 Å². The molecule has 2 atom stereocenters. The molecule has 1 aliphatic heterocycles. The Balaban J connectivity index is 0.00000162. The topological polar surface area (TPSA) is 55.6 Å². The molecule has 0 aromatic heterocycles. The van der Waals surface area contributed by atoms with E-state index in [0.29, 0.717) is 6.54 Å². The van der Waals surface area contributed by atoms with Crippen LogP contribution in [0.25, 0.3) is 0 Å². The standard InChI is InChI=1S/C13H18N2O2.ClH/c1-10(17-12-5-3-2-4-6-12)13(16)15-8-7-11(14)9-15;/h2-6,10-11H,7-9,14H2,1H3;1H/t10?,11-;/m1./s1. The van der Waals surface area contributed by atoms with Crippen molar-refractivity contribution in [1.29, 1.82) is 0 Å². The molecule has 1 heterocycles. The molecule has 1 aliphatic rings. The second kappa shape index (κ2) is 6.61. The van der Waals surface area contributed by atoms with Gasteiger partial charge in [-0.05, 0) is 25.5 Å². The average molecular weight is 271 g/mol. The fourth-order valence-corrected chi connectivity index (χ4v) is 2.00. The number of hydrogen-bond donors (Lipinski definition) is 1. The molecule has 100 valence electrons. The van der Waals surface area contributed by atoms with Gasteiger partial charge in [-0.1, -0.05) is 18.2 Å². The molecule has 0 aliphatic carbocycles. The minimum Gasteiger partial charge on any atom is -0.481 e. The molecule has 0 spiro atoms. The number of nitrogens with two attached hydrogens (primary N) is 1. The van der Waals surface area contributed by atoms with Gasteiger partial charge in [0.1, 0.15) is 5.75 Å². The lowest BCUT2D eigenvalue weighted by molar-refractivity contribution is -0.136. The zero-order valence-corrected chi connectivity index (χ0v) is 11.2. The molecule has 18 heavy (non-hydrogen) atoms. The van der Waals surface area contributed by atoms with Gasteiger partial charge >= 0.3 is 0 Å². The van der Waals surface area contributed by atoms with Crippen molar-refractivity contribution in [2.24, 2.45) is 5.73 Å². The predicted molar refractivity (Wildman–Crippen MR) is 73.0 cm³/mol. The van der Waals surface area contributed by atoms with Crippen molar-refractivity contribution >= 4 is 18.3 Å². The lowest BCUT2D eigenvalue weighted by Crippen LogP contribution is -2.40. The Kier molecular flexibility index (Phi) is 5.44. The normalized spacial score (nSPS) is 20.1. The Morgan fingerprint density at radius 3 is 2.67 bits per heavy atom. The van der Waals surface area contributed by atoms with E-state index < -0.39 is 6.10 Å². The maximum atomic E-state index is 12.0. The fourth-order valence-electron chi connectivity index (χ4n) is 2.00. The van der Waals surface area contributed by atoms with E-state index in [4.69, 9.17) is 10.5 Å². The predicted octanol–water partition coefficient (Wildman–Crippen LogP) is 1.44. The molecular weight excluding hydrogens is 252 g/mol. The van der Waals surface area contributed by atoms with Crippen LogP contribution in [0.3, 0.4) is 0 Å². The van der Waals surface area contributed by atoms with Crippen molar-refractivity contribution in [1.82, 2.24) is 4.90 Å². The Bertz CT molecular complexity index is 386. The van der Waals surface area contributed by atoms with Crippen LogP contribution in [-0.2, 0) is 4.79 Å². The van der Waals surface area contributed by atoms with E-state index in [1.165, 1.54) is 0 Å². The van der Waals surface area contributed by atoms with Gasteiger partial charge in [-0.25, -0.2) is 0 Å². The number of halogens is 1. The van der Waals surface area contributed by atoms with Crippen LogP contribution in [0.2, 0.25) is 0 Å². The van der Waals surface area contributed by atoms with Gasteiger partial charge in [0.2, 0.25) is 0 Å². The fraction of sp³-hybridized carbons (Fsp3) is 0.462. The molecule has 0 radical (unpaired) electrons. The van der Waals surface area contributed by atoms with E-state index in [-0.39, 0.29) is 24.4 Å². The van der Waals surface area contributed by atoms with Gasteiger partial charge in [0.25, 0.3) is 5.91 Å². The van der Waals surface area contributed by atoms with Gasteiger partial charge in [-0.15, -0.1) is 12.4 Å². The Labute approximate surface area is 114 Å². The van der Waals surface area contributed by atoms with Crippen molar-refractivity contribution in [2.75, 3.05) is 13.1 Å². The van der Waals surface area contributed by atoms with E-state index in [1.54, 1.807) is 11.8 Å². The molecular formula is C13H19ClN2O2. The lowest BCUT2D eigenvalue weighted by Gasteiger charge is -2.21. The molecule has 1 aromatic carbocycles. The van der Waals surface area contributed by atoms with Crippen molar-refractivity contribution in [2.45, 2.75) is 25.5 Å². The highest BCUT2D eigenvalue weighted by Crippen LogP contribution is 2.14. The summed E-state index contributed by atoms with van der Waals surface area (Å²) in [7, 11) is 0. The number of para-hydroxylation sites is 1. The number of carbonyl (C=O) groups is 1. The zero-order chi connectivity index (χ0) is 12.3. The Hall–Kier alpha value is -1.26. The molecule has 1 fully saturated rings. The van der Waals surface area contributed by atoms with Crippen molar-refractivity contribution in [3.63, 3.8) is 0 Å². The van der Waals surface area contributed by atoms with Crippen LogP contribution in [0.15, 0.2) is 30.3 Å². The highest BCUT2D eigenvalue weighted by atomic mass is 35.5. The SMILES string of the molecule is CC(Oc1ccccc1)C(=O)N1CC[C@@H](N)C1.Cl. The van der Waals surface area contributed by atoms with Crippen LogP contribution in [-0.4, -0.2) is 36.0 Å². The summed E-state index contributed by atoms with van der Waals surface area (Å²) in [6, 6.07) is 9.50. The number of likely N-dealkylation sites (tertiary alicyclic amines) is 1. The summed E-state index contributed by atoms with van der Waals surface area (Å²) in [6.07, 6.45) is 0.423. The highest BCUT2D eigenvalue weighted by molar-refractivity contribution is 5.85. The quantitative estimate of drug-likeness (QED) is 0.904. The van der Waals surface area contributed by atoms with Gasteiger partial charge in [-0.3, -0.25) is 4.79 Å². The minimum absolute atomic E-state index is 0. The van der Waals surface area contributed by atoms with Gasteiger partial charge in [0, 0.05) is 19.1 Å². The Morgan fingerprint density at radius 1 is 1.44 bits per heavy atom. The third-order valence-electron chi connectivity index (χ3n) is 2.94. The first kappa shape index (κ1) is 14.8. The summed E-state index contributed by atoms with van der Waals surface area (Å²) in [6.45, 7) is 3.16. The van der Waals surface area contributed by atoms with Crippen LogP contribution < -0.4 is 10.5 Å². The van der Waals surface area contributed by atoms with Crippen LogP contribution in [0.4, 0.5) is 0 Å². The summed E-state index contributed by atoms with van der Waals surface area (Å²) in [5, 5.41) is 0. The van der Waals surface area contributed by atoms with Gasteiger partial charge in [0.05, 0.1) is 0 Å². The molecule has 2 N–H and O–H groups in total. The second-order valence-electron chi connectivity index (χ2n) is 4.41. The van der Waals surface area contributed by atoms with Crippen molar-refractivity contribution in [3.8, 4) is 5.75 Å². The molecule has 0 saturated carbocycles. The number of ether oxygens (including phenoxy) is 1. The summed E-state index contributed by atoms with van der Waals surface area (Å²) in [5.41, 5.74) is 5.78. The number of nitrogens with zero attached hydrogens (tertiary/aromatic N) is 1. The number of carbonyl (C=O) groups excluding carboxylic acids is 1. The van der Waals surface area contributed by atoms with E-state index in [9.17, 15) is 4.79 Å². The van der Waals surface area contributed by atoms with Crippen molar-refractivity contribution in [3.05, 3.63) is 30.3 Å². The van der Waals surface area contributed by atoms with Crippen LogP contribution in [0.5, 0.6) is 5.75 Å². The lowest BCUT2D eigenvalue weighted by atomic mass is 10.3. The van der Waals surface area contributed by atoms with E-state index in [2.05, 4.69) is 0 Å². The summed E-state index contributed by atoms with van der Waals surface area (Å²) in [4.78, 5) is 13.8. The highest BCUT2D eigenvalue weighted by Gasteiger charge is 2.27. The molecule has 1 unspecified atom stereocenters. The molecule has 1 amide bonds. The third kappa shape index (κ3) is 3.62. The van der Waals surface area contributed by atoms with Crippen LogP contribution >= 0.6 is 12.4 Å². The molecule has 1 saturated heterocycles. The monoisotopic (exact) mass is 270 g/mol. The maximum Gasteiger partial charge on any atom is 0.263 e. The number of amides is 1. The smallest absolute Gasteiger partial charge is 0.263 e. The zero-order valence-electron chi connectivity index (χ0n) is 10.4. The van der Waals surface area contributed by atoms with Crippen LogP contribution in [0.1, 0.15) is 13.3 Å². The summed E-state index contributed by atoms with van der Waals surface area (Å²) >= 11 is 0. The van der Waals surface area contributed by atoms with E-state index >= 15 is 0 Å². The van der Waals surface area contributed by atoms with Crippen molar-refractivity contribution < 1.29 is 9.53 Å². The Morgan fingerprint density at radius 2 is 2.11 bits per heavy atom. The number of rotatable bonds is 3. The van der Waals surface area contributed by atoms with E-state index in [1.807, 2.05) is 30.3 Å². The van der Waals surface area contributed by atoms with Gasteiger partial charge < -0.3 is 15.4 Å². The molecule has 4 nitrogen and oxygen atoms in total. The van der Waals surface area contributed by atoms with Gasteiger partial charge in [-0.2, -0.15) is 0 Å². The van der Waals surface area contributed by atoms with Crippen LogP contribution in [0, 0.1) is 0 Å². The maximum absolute atomic E-state index is 12.0. The second-order valence-corrected chi connectivity index (χ2v) is 4.41. The third-order valence-corrected chi connectivity index (χ3v) is 2.94. The molecule has 5 heteroatoms.